The Hall–Kier alpha value is -1.94. The predicted octanol–water partition coefficient (Wildman–Crippen LogP) is 19.7. The monoisotopic (exact) mass is 1310 g/mol. The van der Waals surface area contributed by atoms with E-state index in [-0.39, 0.29) is 25.7 Å². The molecule has 0 aromatic rings. The van der Waals surface area contributed by atoms with Gasteiger partial charge in [0, 0.05) is 25.7 Å². The number of esters is 4. The van der Waals surface area contributed by atoms with Gasteiger partial charge in [-0.2, -0.15) is 0 Å². The lowest BCUT2D eigenvalue weighted by atomic mass is 9.99. The topological polar surface area (TPSA) is 237 Å². The van der Waals surface area contributed by atoms with Crippen molar-refractivity contribution in [1.29, 1.82) is 0 Å². The Balaban J connectivity index is 5.10. The molecule has 0 aromatic heterocycles. The minimum atomic E-state index is -4.95. The van der Waals surface area contributed by atoms with E-state index in [0.717, 1.165) is 109 Å². The first-order chi connectivity index (χ1) is 42.6. The van der Waals surface area contributed by atoms with Crippen LogP contribution in [0.25, 0.3) is 0 Å². The highest BCUT2D eigenvalue weighted by Gasteiger charge is 2.30. The fraction of sp³-hybridized carbons (Fsp3) is 0.943. The Morgan fingerprint density at radius 3 is 0.798 bits per heavy atom. The number of carbonyl (C=O) groups excluding carboxylic acids is 4. The molecular formula is C70H136O17P2. The predicted molar refractivity (Wildman–Crippen MR) is 358 cm³/mol. The summed E-state index contributed by atoms with van der Waals surface area (Å²) in [4.78, 5) is 72.3. The first-order valence-electron chi connectivity index (χ1n) is 36.2. The molecule has 0 rings (SSSR count). The number of aliphatic hydroxyl groups excluding tert-OH is 1. The number of rotatable bonds is 67. The van der Waals surface area contributed by atoms with Crippen molar-refractivity contribution in [3.63, 3.8) is 0 Å². The number of ether oxygens (including phenoxy) is 4. The van der Waals surface area contributed by atoms with Gasteiger partial charge in [-0.25, -0.2) is 9.13 Å². The summed E-state index contributed by atoms with van der Waals surface area (Å²) in [6.07, 6.45) is 42.4. The normalized spacial score (nSPS) is 14.6. The molecule has 0 saturated heterocycles. The molecule has 17 nitrogen and oxygen atoms in total. The van der Waals surface area contributed by atoms with E-state index < -0.39 is 97.5 Å². The average molecular weight is 1310 g/mol. The quantitative estimate of drug-likeness (QED) is 0.0222. The molecule has 0 amide bonds. The summed E-state index contributed by atoms with van der Waals surface area (Å²) < 4.78 is 68.1. The van der Waals surface area contributed by atoms with Crippen LogP contribution in [0.5, 0.6) is 0 Å². The molecule has 89 heavy (non-hydrogen) atoms. The van der Waals surface area contributed by atoms with Gasteiger partial charge >= 0.3 is 39.5 Å². The summed E-state index contributed by atoms with van der Waals surface area (Å²) in [5.41, 5.74) is 0. The number of phosphoric ester groups is 2. The molecule has 528 valence electrons. The lowest BCUT2D eigenvalue weighted by molar-refractivity contribution is -0.161. The molecule has 0 aliphatic rings. The van der Waals surface area contributed by atoms with Gasteiger partial charge in [0.15, 0.2) is 12.2 Å². The van der Waals surface area contributed by atoms with Gasteiger partial charge in [0.05, 0.1) is 26.4 Å². The maximum atomic E-state index is 13.0. The molecule has 0 aliphatic carbocycles. The van der Waals surface area contributed by atoms with Crippen molar-refractivity contribution in [3.05, 3.63) is 0 Å². The fourth-order valence-electron chi connectivity index (χ4n) is 10.5. The Morgan fingerprint density at radius 1 is 0.315 bits per heavy atom. The number of hydrogen-bond donors (Lipinski definition) is 3. The van der Waals surface area contributed by atoms with Gasteiger partial charge in [-0.1, -0.05) is 293 Å². The Kier molecular flexibility index (Phi) is 58.5. The molecule has 0 heterocycles. The van der Waals surface area contributed by atoms with Gasteiger partial charge < -0.3 is 33.8 Å². The van der Waals surface area contributed by atoms with E-state index in [1.807, 2.05) is 0 Å². The molecule has 0 fully saturated rings. The van der Waals surface area contributed by atoms with Crippen LogP contribution in [0.4, 0.5) is 0 Å². The van der Waals surface area contributed by atoms with Crippen LogP contribution in [0.15, 0.2) is 0 Å². The lowest BCUT2D eigenvalue weighted by Crippen LogP contribution is -2.30. The highest BCUT2D eigenvalue weighted by atomic mass is 31.2. The number of unbranched alkanes of at least 4 members (excludes halogenated alkanes) is 32. The van der Waals surface area contributed by atoms with Crippen LogP contribution in [0, 0.1) is 23.7 Å². The van der Waals surface area contributed by atoms with Crippen LogP contribution < -0.4 is 0 Å². The second-order valence-corrected chi connectivity index (χ2v) is 29.8. The van der Waals surface area contributed by atoms with E-state index in [1.54, 1.807) is 0 Å². The van der Waals surface area contributed by atoms with E-state index >= 15 is 0 Å². The first kappa shape index (κ1) is 87.1. The van der Waals surface area contributed by atoms with Crippen LogP contribution in [0.1, 0.15) is 344 Å². The smallest absolute Gasteiger partial charge is 0.462 e. The second kappa shape index (κ2) is 59.8. The van der Waals surface area contributed by atoms with Crippen LogP contribution in [-0.2, 0) is 65.4 Å². The third-order valence-electron chi connectivity index (χ3n) is 16.4. The standard InChI is InChI=1S/C70H136O17P2/c1-9-63(8)49-41-33-22-20-18-16-14-12-10-11-13-15-17-19-21-23-36-44-52-69(74)86-65(56-80-67(72)50-42-34-27-24-30-38-46-60(2)3)58-84-88(76,77)82-54-64(71)55-83-89(78,79)85-59-66(87-70(75)53-45-37-29-26-32-40-48-62(6)7)57-81-68(73)51-43-35-28-25-31-39-47-61(4)5/h60-66,71H,9-59H2,1-8H3,(H,76,77)(H,78,79)/t63?,64-,65+,66+/m0/s1. The zero-order valence-corrected chi connectivity index (χ0v) is 59.8. The van der Waals surface area contributed by atoms with E-state index in [1.165, 1.54) is 135 Å². The van der Waals surface area contributed by atoms with Gasteiger partial charge in [-0.15, -0.1) is 0 Å². The number of phosphoric acid groups is 2. The highest BCUT2D eigenvalue weighted by molar-refractivity contribution is 7.47. The van der Waals surface area contributed by atoms with Gasteiger partial charge in [0.25, 0.3) is 0 Å². The molecule has 3 N–H and O–H groups in total. The molecule has 0 aromatic carbocycles. The number of carbonyl (C=O) groups is 4. The van der Waals surface area contributed by atoms with Crippen molar-refractivity contribution in [3.8, 4) is 0 Å². The zero-order chi connectivity index (χ0) is 66.1. The third-order valence-corrected chi connectivity index (χ3v) is 18.3. The summed E-state index contributed by atoms with van der Waals surface area (Å²) in [6.45, 7) is 13.9. The third kappa shape index (κ3) is 63.2. The van der Waals surface area contributed by atoms with Crippen molar-refractivity contribution in [2.75, 3.05) is 39.6 Å². The van der Waals surface area contributed by atoms with Crippen molar-refractivity contribution in [1.82, 2.24) is 0 Å². The van der Waals surface area contributed by atoms with Crippen LogP contribution in [0.2, 0.25) is 0 Å². The van der Waals surface area contributed by atoms with Crippen LogP contribution in [0.3, 0.4) is 0 Å². The minimum absolute atomic E-state index is 0.100. The maximum absolute atomic E-state index is 13.0. The molecule has 0 saturated carbocycles. The van der Waals surface area contributed by atoms with E-state index in [0.29, 0.717) is 43.4 Å². The zero-order valence-electron chi connectivity index (χ0n) is 58.1. The molecule has 19 heteroatoms. The molecular weight excluding hydrogens is 1170 g/mol. The van der Waals surface area contributed by atoms with Crippen molar-refractivity contribution in [2.45, 2.75) is 363 Å². The Labute approximate surface area is 543 Å². The SMILES string of the molecule is CCC(C)CCCCCCCCCCCCCCCCCCCCC(=O)O[C@H](COC(=O)CCCCCCCCC(C)C)COP(=O)(O)OC[C@H](O)COP(=O)(O)OC[C@@H](COC(=O)CCCCCCCCC(C)C)OC(=O)CCCCCCCCC(C)C. The van der Waals surface area contributed by atoms with Crippen LogP contribution >= 0.6 is 15.6 Å². The number of aliphatic hydroxyl groups is 1. The molecule has 0 spiro atoms. The van der Waals surface area contributed by atoms with Crippen molar-refractivity contribution < 1.29 is 80.2 Å². The van der Waals surface area contributed by atoms with Gasteiger partial charge in [0.1, 0.15) is 19.3 Å². The average Bonchev–Trinajstić information content (AvgIpc) is 3.53. The van der Waals surface area contributed by atoms with E-state index in [4.69, 9.17) is 37.0 Å². The van der Waals surface area contributed by atoms with Gasteiger partial charge in [-0.3, -0.25) is 37.3 Å². The summed E-state index contributed by atoms with van der Waals surface area (Å²) in [6, 6.07) is 0. The van der Waals surface area contributed by atoms with E-state index in [2.05, 4.69) is 55.4 Å². The molecule has 0 aliphatic heterocycles. The lowest BCUT2D eigenvalue weighted by Gasteiger charge is -2.21. The Morgan fingerprint density at radius 2 is 0.539 bits per heavy atom. The maximum Gasteiger partial charge on any atom is 0.472 e. The van der Waals surface area contributed by atoms with Gasteiger partial charge in [-0.05, 0) is 49.4 Å². The van der Waals surface area contributed by atoms with Gasteiger partial charge in [0.2, 0.25) is 0 Å². The van der Waals surface area contributed by atoms with Crippen molar-refractivity contribution in [2.24, 2.45) is 23.7 Å². The number of hydrogen-bond acceptors (Lipinski definition) is 15. The minimum Gasteiger partial charge on any atom is -0.462 e. The largest absolute Gasteiger partial charge is 0.472 e. The van der Waals surface area contributed by atoms with Crippen molar-refractivity contribution >= 4 is 39.5 Å². The first-order valence-corrected chi connectivity index (χ1v) is 39.2. The van der Waals surface area contributed by atoms with E-state index in [9.17, 15) is 43.2 Å². The molecule has 0 bridgehead atoms. The van der Waals surface area contributed by atoms with Crippen LogP contribution in [-0.4, -0.2) is 96.7 Å². The second-order valence-electron chi connectivity index (χ2n) is 26.9. The molecule has 0 radical (unpaired) electrons. The molecule has 6 atom stereocenters. The Bertz CT molecular complexity index is 1770. The summed E-state index contributed by atoms with van der Waals surface area (Å²) in [7, 11) is -9.90. The summed E-state index contributed by atoms with van der Waals surface area (Å²) in [5.74, 6) is 0.760. The fourth-order valence-corrected chi connectivity index (χ4v) is 12.0. The highest BCUT2D eigenvalue weighted by Crippen LogP contribution is 2.45. The molecule has 3 unspecified atom stereocenters. The summed E-state index contributed by atoms with van der Waals surface area (Å²) in [5, 5.41) is 10.6. The summed E-state index contributed by atoms with van der Waals surface area (Å²) >= 11 is 0.